The molecule has 142 valence electrons. The SMILES string of the molecule is CC(C)C(O)(/C(N)=C/NN)c1ccc2cc(OCC(F)(F)F)ccc2n1. The highest BCUT2D eigenvalue weighted by Gasteiger charge is 2.37. The molecule has 9 heteroatoms. The van der Waals surface area contributed by atoms with Crippen LogP contribution in [0.15, 0.2) is 42.2 Å². The molecule has 1 aromatic carbocycles. The first kappa shape index (κ1) is 19.8. The highest BCUT2D eigenvalue weighted by Crippen LogP contribution is 2.34. The molecule has 1 unspecified atom stereocenters. The van der Waals surface area contributed by atoms with Crippen LogP contribution >= 0.6 is 0 Å². The lowest BCUT2D eigenvalue weighted by Crippen LogP contribution is -2.40. The van der Waals surface area contributed by atoms with Crippen molar-refractivity contribution in [1.29, 1.82) is 0 Å². The van der Waals surface area contributed by atoms with Gasteiger partial charge in [-0.15, -0.1) is 0 Å². The van der Waals surface area contributed by atoms with Gasteiger partial charge in [0.2, 0.25) is 0 Å². The van der Waals surface area contributed by atoms with Crippen LogP contribution in [-0.2, 0) is 5.60 Å². The maximum atomic E-state index is 12.3. The van der Waals surface area contributed by atoms with Crippen molar-refractivity contribution in [3.05, 3.63) is 47.9 Å². The number of aliphatic hydroxyl groups is 1. The van der Waals surface area contributed by atoms with Crippen molar-refractivity contribution >= 4 is 10.9 Å². The van der Waals surface area contributed by atoms with Crippen LogP contribution in [0.4, 0.5) is 13.2 Å². The van der Waals surface area contributed by atoms with Crippen LogP contribution in [0.25, 0.3) is 10.9 Å². The summed E-state index contributed by atoms with van der Waals surface area (Å²) in [4.78, 5) is 4.40. The largest absolute Gasteiger partial charge is 0.484 e. The Kier molecular flexibility index (Phi) is 5.62. The van der Waals surface area contributed by atoms with Crippen molar-refractivity contribution < 1.29 is 23.0 Å². The fourth-order valence-corrected chi connectivity index (χ4v) is 2.55. The summed E-state index contributed by atoms with van der Waals surface area (Å²) >= 11 is 0. The Labute approximate surface area is 148 Å². The summed E-state index contributed by atoms with van der Waals surface area (Å²) in [5, 5.41) is 11.6. The molecule has 0 aliphatic heterocycles. The topological polar surface area (TPSA) is 106 Å². The van der Waals surface area contributed by atoms with Gasteiger partial charge in [0.25, 0.3) is 0 Å². The predicted molar refractivity (Wildman–Crippen MR) is 91.6 cm³/mol. The molecule has 0 fully saturated rings. The van der Waals surface area contributed by atoms with Crippen molar-refractivity contribution in [3.8, 4) is 5.75 Å². The van der Waals surface area contributed by atoms with Gasteiger partial charge in [-0.25, -0.2) is 4.98 Å². The second-order valence-electron chi connectivity index (χ2n) is 6.14. The zero-order chi connectivity index (χ0) is 19.5. The van der Waals surface area contributed by atoms with E-state index in [0.717, 1.165) is 0 Å². The molecule has 0 saturated carbocycles. The minimum absolute atomic E-state index is 0.0789. The maximum Gasteiger partial charge on any atom is 0.422 e. The molecule has 0 radical (unpaired) electrons. The molecule has 0 bridgehead atoms. The third-order valence-electron chi connectivity index (χ3n) is 3.97. The van der Waals surface area contributed by atoms with Gasteiger partial charge in [0, 0.05) is 11.6 Å². The van der Waals surface area contributed by atoms with Gasteiger partial charge in [-0.05, 0) is 30.2 Å². The van der Waals surface area contributed by atoms with E-state index in [0.29, 0.717) is 16.6 Å². The van der Waals surface area contributed by atoms with Crippen molar-refractivity contribution in [2.75, 3.05) is 6.61 Å². The molecule has 26 heavy (non-hydrogen) atoms. The lowest BCUT2D eigenvalue weighted by molar-refractivity contribution is -0.153. The Morgan fingerprint density at radius 1 is 1.31 bits per heavy atom. The predicted octanol–water partition coefficient (Wildman–Crippen LogP) is 2.28. The number of nitrogens with one attached hydrogen (secondary N) is 1. The molecule has 1 heterocycles. The van der Waals surface area contributed by atoms with Gasteiger partial charge in [-0.2, -0.15) is 13.2 Å². The molecule has 1 atom stereocenters. The van der Waals surface area contributed by atoms with Crippen LogP contribution in [0.1, 0.15) is 19.5 Å². The Morgan fingerprint density at radius 2 is 2.00 bits per heavy atom. The Balaban J connectivity index is 2.41. The summed E-state index contributed by atoms with van der Waals surface area (Å²) in [6.45, 7) is 2.18. The number of ether oxygens (including phenoxy) is 1. The second kappa shape index (κ2) is 7.38. The fourth-order valence-electron chi connectivity index (χ4n) is 2.55. The summed E-state index contributed by atoms with van der Waals surface area (Å²) in [6.07, 6.45) is -3.13. The van der Waals surface area contributed by atoms with E-state index in [1.54, 1.807) is 26.0 Å². The van der Waals surface area contributed by atoms with Crippen LogP contribution in [0.2, 0.25) is 0 Å². The van der Waals surface area contributed by atoms with E-state index in [-0.39, 0.29) is 17.4 Å². The lowest BCUT2D eigenvalue weighted by Gasteiger charge is -2.32. The molecule has 0 saturated heterocycles. The number of benzene rings is 1. The first-order valence-electron chi connectivity index (χ1n) is 7.83. The van der Waals surface area contributed by atoms with Gasteiger partial charge < -0.3 is 21.0 Å². The highest BCUT2D eigenvalue weighted by molar-refractivity contribution is 5.80. The number of pyridine rings is 1. The average molecular weight is 370 g/mol. The van der Waals surface area contributed by atoms with Crippen molar-refractivity contribution in [2.45, 2.75) is 25.6 Å². The zero-order valence-electron chi connectivity index (χ0n) is 14.3. The van der Waals surface area contributed by atoms with Gasteiger partial charge >= 0.3 is 6.18 Å². The number of rotatable bonds is 6. The molecule has 1 aromatic heterocycles. The Morgan fingerprint density at radius 3 is 2.58 bits per heavy atom. The molecule has 0 aliphatic carbocycles. The lowest BCUT2D eigenvalue weighted by atomic mass is 9.83. The van der Waals surface area contributed by atoms with E-state index in [1.807, 2.05) is 0 Å². The van der Waals surface area contributed by atoms with Crippen LogP contribution in [0, 0.1) is 5.92 Å². The number of hydrogen-bond donors (Lipinski definition) is 4. The third kappa shape index (κ3) is 4.17. The number of nitrogens with zero attached hydrogens (tertiary/aromatic N) is 1. The van der Waals surface area contributed by atoms with Gasteiger partial charge in [-0.1, -0.05) is 19.9 Å². The van der Waals surface area contributed by atoms with Crippen LogP contribution in [0.3, 0.4) is 0 Å². The van der Waals surface area contributed by atoms with Gasteiger partial charge in [-0.3, -0.25) is 5.84 Å². The van der Waals surface area contributed by atoms with E-state index in [4.69, 9.17) is 16.3 Å². The summed E-state index contributed by atoms with van der Waals surface area (Å²) in [6, 6.07) is 7.56. The van der Waals surface area contributed by atoms with Crippen LogP contribution in [0.5, 0.6) is 5.75 Å². The second-order valence-corrected chi connectivity index (χ2v) is 6.14. The molecule has 0 aliphatic rings. The molecular weight excluding hydrogens is 349 g/mol. The Hall–Kier alpha value is -2.52. The Bertz CT molecular complexity index is 808. The van der Waals surface area contributed by atoms with Crippen molar-refractivity contribution in [1.82, 2.24) is 10.4 Å². The minimum Gasteiger partial charge on any atom is -0.484 e. The number of hydrogen-bond acceptors (Lipinski definition) is 6. The summed E-state index contributed by atoms with van der Waals surface area (Å²) in [5.41, 5.74) is 7.54. The molecule has 0 amide bonds. The fraction of sp³-hybridized carbons (Fsp3) is 0.353. The first-order chi connectivity index (χ1) is 12.1. The number of hydrazine groups is 1. The molecule has 6 N–H and O–H groups in total. The zero-order valence-corrected chi connectivity index (χ0v) is 14.3. The van der Waals surface area contributed by atoms with E-state index < -0.39 is 18.4 Å². The summed E-state index contributed by atoms with van der Waals surface area (Å²) in [5.74, 6) is 5.00. The number of alkyl halides is 3. The van der Waals surface area contributed by atoms with Crippen molar-refractivity contribution in [2.24, 2.45) is 17.5 Å². The molecule has 0 spiro atoms. The molecular formula is C17H21F3N4O2. The van der Waals surface area contributed by atoms with Gasteiger partial charge in [0.1, 0.15) is 11.4 Å². The number of halogens is 3. The minimum atomic E-state index is -4.41. The number of aromatic nitrogens is 1. The first-order valence-corrected chi connectivity index (χ1v) is 7.83. The molecule has 2 rings (SSSR count). The number of fused-ring (bicyclic) bond motifs is 1. The monoisotopic (exact) mass is 370 g/mol. The van der Waals surface area contributed by atoms with E-state index in [9.17, 15) is 18.3 Å². The van der Waals surface area contributed by atoms with Crippen LogP contribution in [-0.4, -0.2) is 22.9 Å². The van der Waals surface area contributed by atoms with E-state index >= 15 is 0 Å². The normalized spacial score (nSPS) is 15.2. The van der Waals surface area contributed by atoms with Crippen molar-refractivity contribution in [3.63, 3.8) is 0 Å². The summed E-state index contributed by atoms with van der Waals surface area (Å²) < 4.78 is 41.5. The standard InChI is InChI=1S/C17H21F3N4O2/c1-10(2)17(25,14(21)8-23-22)15-6-3-11-7-12(4-5-13(11)24-15)26-9-16(18,19)20/h3-8,10,23,25H,9,21-22H2,1-2H3/b14-8-. The average Bonchev–Trinajstić information content (AvgIpc) is 2.58. The third-order valence-corrected chi connectivity index (χ3v) is 3.97. The maximum absolute atomic E-state index is 12.3. The van der Waals surface area contributed by atoms with Gasteiger partial charge in [0.05, 0.1) is 16.9 Å². The quantitative estimate of drug-likeness (QED) is 0.459. The molecule has 6 nitrogen and oxygen atoms in total. The smallest absolute Gasteiger partial charge is 0.422 e. The van der Waals surface area contributed by atoms with Gasteiger partial charge in [0.15, 0.2) is 6.61 Å². The van der Waals surface area contributed by atoms with Crippen LogP contribution < -0.4 is 21.7 Å². The highest BCUT2D eigenvalue weighted by atomic mass is 19.4. The molecule has 2 aromatic rings. The number of nitrogens with two attached hydrogens (primary N) is 2. The van der Waals surface area contributed by atoms with E-state index in [2.05, 4.69) is 10.4 Å². The van der Waals surface area contributed by atoms with E-state index in [1.165, 1.54) is 24.4 Å². The summed E-state index contributed by atoms with van der Waals surface area (Å²) in [7, 11) is 0.